The van der Waals surface area contributed by atoms with Crippen molar-refractivity contribution in [2.75, 3.05) is 47.5 Å². The number of nitrogens with zero attached hydrogens (tertiary/aromatic N) is 1. The van der Waals surface area contributed by atoms with Crippen LogP contribution in [0.2, 0.25) is 0 Å². The Hall–Kier alpha value is -4.63. The Balaban J connectivity index is 3.95. The first-order chi connectivity index (χ1) is 52.0. The highest BCUT2D eigenvalue weighted by molar-refractivity contribution is 7.45. The van der Waals surface area contributed by atoms with Gasteiger partial charge in [-0.1, -0.05) is 402 Å². The van der Waals surface area contributed by atoms with Crippen LogP contribution in [0.25, 0.3) is 0 Å². The minimum absolute atomic E-state index is 0.0365. The van der Waals surface area contributed by atoms with E-state index in [-0.39, 0.29) is 32.0 Å². The van der Waals surface area contributed by atoms with Crippen molar-refractivity contribution >= 4 is 19.8 Å². The van der Waals surface area contributed by atoms with Crippen molar-refractivity contribution in [3.8, 4) is 0 Å². The molecule has 9 nitrogen and oxygen atoms in total. The molecule has 0 aromatic carbocycles. The van der Waals surface area contributed by atoms with Gasteiger partial charge in [0.1, 0.15) is 19.8 Å². The molecule has 0 saturated carbocycles. The van der Waals surface area contributed by atoms with Gasteiger partial charge in [0.2, 0.25) is 0 Å². The first kappa shape index (κ1) is 101. The van der Waals surface area contributed by atoms with Gasteiger partial charge < -0.3 is 27.9 Å². The number of esters is 2. The standard InChI is InChI=1S/C96H164NO8P/c1-6-8-10-12-14-16-18-20-22-24-26-28-30-32-34-36-38-40-42-44-46-48-50-52-54-56-58-60-62-64-66-68-70-72-74-76-78-80-82-84-86-88-95(98)102-92-94(93-104-106(100,101)103-91-90-97(3,4)5)105-96(99)89-87-85-83-81-79-77-75-73-71-69-67-65-63-61-59-57-55-53-51-49-47-45-43-41-39-37-35-33-31-29-27-25-23-21-19-17-15-13-11-9-7-2/h8-11,14-17,20-23,26-29,33,35,39,41,45,47,51,53,57,59,63,65,94H,6-7,12-13,18-19,24-25,30-32,34,36-38,40,42-44,46,48-50,52,54-56,58,60-62,64,66-93H2,1-5H3/b10-8-,11-9-,16-14-,17-15-,22-20-,23-21-,28-26-,29-27-,35-33-,41-39-,47-45-,53-51-,59-57-,65-63-. The number of ether oxygens (including phenoxy) is 2. The molecule has 0 radical (unpaired) electrons. The second kappa shape index (κ2) is 84.4. The molecule has 106 heavy (non-hydrogen) atoms. The van der Waals surface area contributed by atoms with Gasteiger partial charge >= 0.3 is 11.9 Å². The number of likely N-dealkylation sites (N-methyl/N-ethyl adjacent to an activating group) is 1. The van der Waals surface area contributed by atoms with Crippen LogP contribution in [0.5, 0.6) is 0 Å². The van der Waals surface area contributed by atoms with E-state index in [1.807, 2.05) is 21.1 Å². The topological polar surface area (TPSA) is 111 Å². The third kappa shape index (κ3) is 88.3. The van der Waals surface area contributed by atoms with Gasteiger partial charge in [0.25, 0.3) is 7.82 Å². The van der Waals surface area contributed by atoms with Crippen molar-refractivity contribution in [1.29, 1.82) is 0 Å². The summed E-state index contributed by atoms with van der Waals surface area (Å²) in [6, 6.07) is 0. The van der Waals surface area contributed by atoms with Crippen molar-refractivity contribution in [2.45, 2.75) is 380 Å². The van der Waals surface area contributed by atoms with Crippen LogP contribution in [-0.2, 0) is 32.7 Å². The molecule has 0 saturated heterocycles. The quantitative estimate of drug-likeness (QED) is 0.0195. The van der Waals surface area contributed by atoms with Crippen molar-refractivity contribution in [3.63, 3.8) is 0 Å². The fourth-order valence-electron chi connectivity index (χ4n) is 12.2. The Morgan fingerprint density at radius 1 is 0.292 bits per heavy atom. The zero-order valence-electron chi connectivity index (χ0n) is 69.3. The van der Waals surface area contributed by atoms with Gasteiger partial charge in [-0.25, -0.2) is 0 Å². The molecule has 10 heteroatoms. The van der Waals surface area contributed by atoms with Crippen LogP contribution in [0, 0.1) is 0 Å². The summed E-state index contributed by atoms with van der Waals surface area (Å²) >= 11 is 0. The van der Waals surface area contributed by atoms with Crippen LogP contribution >= 0.6 is 7.82 Å². The normalized spacial score (nSPS) is 13.8. The van der Waals surface area contributed by atoms with E-state index < -0.39 is 26.5 Å². The molecule has 0 rings (SSSR count). The van der Waals surface area contributed by atoms with Crippen LogP contribution < -0.4 is 4.89 Å². The molecule has 0 bridgehead atoms. The molecule has 0 aromatic heterocycles. The van der Waals surface area contributed by atoms with E-state index in [0.717, 1.165) is 135 Å². The van der Waals surface area contributed by atoms with Crippen LogP contribution in [0.3, 0.4) is 0 Å². The maximum Gasteiger partial charge on any atom is 0.306 e. The number of carbonyl (C=O) groups is 2. The van der Waals surface area contributed by atoms with Gasteiger partial charge in [-0.2, -0.15) is 0 Å². The molecule has 2 atom stereocenters. The van der Waals surface area contributed by atoms with Crippen molar-refractivity contribution in [1.82, 2.24) is 0 Å². The number of quaternary nitrogens is 1. The SMILES string of the molecule is CC/C=C\C/C=C\C/C=C\C/C=C\C/C=C\C/C=C\C/C=C\C/C=C\C/C=C\C/C=C\CCCCCCCCCCCCC(=O)OC(COC(=O)CCCCCCCCCCCCCCCCCCCCCCCCCCCCCC/C=C\C/C=C\C/C=C\C/C=C\CC)COP(=O)([O-])OCC[N+](C)(C)C. The second-order valence-corrected chi connectivity index (χ2v) is 31.6. The minimum atomic E-state index is -4.66. The van der Waals surface area contributed by atoms with Crippen molar-refractivity contribution < 1.29 is 42.1 Å². The molecule has 0 fully saturated rings. The predicted octanol–water partition coefficient (Wildman–Crippen LogP) is 29.3. The Morgan fingerprint density at radius 3 is 0.755 bits per heavy atom. The monoisotopic (exact) mass is 1490 g/mol. The van der Waals surface area contributed by atoms with E-state index in [9.17, 15) is 19.0 Å². The third-order valence-corrected chi connectivity index (χ3v) is 19.7. The molecule has 0 heterocycles. The number of phosphoric ester groups is 1. The lowest BCUT2D eigenvalue weighted by molar-refractivity contribution is -0.870. The summed E-state index contributed by atoms with van der Waals surface area (Å²) in [4.78, 5) is 38.3. The fourth-order valence-corrected chi connectivity index (χ4v) is 12.9. The maximum absolute atomic E-state index is 12.9. The maximum atomic E-state index is 12.9. The summed E-state index contributed by atoms with van der Waals surface area (Å²) in [5, 5.41) is 0. The Labute approximate surface area is 655 Å². The lowest BCUT2D eigenvalue weighted by Gasteiger charge is -2.28. The molecule has 0 aromatic rings. The zero-order valence-corrected chi connectivity index (χ0v) is 70.2. The molecule has 0 aliphatic heterocycles. The average molecular weight is 1490 g/mol. The highest BCUT2D eigenvalue weighted by Crippen LogP contribution is 2.38. The predicted molar refractivity (Wildman–Crippen MR) is 461 cm³/mol. The summed E-state index contributed by atoms with van der Waals surface area (Å²) < 4.78 is 34.5. The van der Waals surface area contributed by atoms with Gasteiger partial charge in [0.05, 0.1) is 27.7 Å². The number of allylic oxidation sites excluding steroid dienone is 28. The van der Waals surface area contributed by atoms with E-state index in [4.69, 9.17) is 18.5 Å². The molecular weight excluding hydrogens is 1330 g/mol. The molecule has 0 N–H and O–H groups in total. The smallest absolute Gasteiger partial charge is 0.306 e. The molecule has 0 spiro atoms. The van der Waals surface area contributed by atoms with Gasteiger partial charge in [-0.05, 0) is 128 Å². The largest absolute Gasteiger partial charge is 0.756 e. The third-order valence-electron chi connectivity index (χ3n) is 18.7. The summed E-state index contributed by atoms with van der Waals surface area (Å²) in [6.45, 7) is 4.04. The second-order valence-electron chi connectivity index (χ2n) is 30.1. The van der Waals surface area contributed by atoms with E-state index in [2.05, 4.69) is 184 Å². The molecule has 0 amide bonds. The Morgan fingerprint density at radius 2 is 0.509 bits per heavy atom. The Bertz CT molecular complexity index is 2410. The minimum Gasteiger partial charge on any atom is -0.756 e. The first-order valence-electron chi connectivity index (χ1n) is 43.8. The molecular formula is C96H164NO8P. The lowest BCUT2D eigenvalue weighted by Crippen LogP contribution is -2.37. The summed E-state index contributed by atoms with van der Waals surface area (Å²) in [6.07, 6.45) is 128. The van der Waals surface area contributed by atoms with E-state index >= 15 is 0 Å². The number of rotatable bonds is 80. The van der Waals surface area contributed by atoms with Gasteiger partial charge in [0, 0.05) is 12.8 Å². The number of phosphoric acid groups is 1. The van der Waals surface area contributed by atoms with Gasteiger partial charge in [0.15, 0.2) is 6.10 Å². The zero-order chi connectivity index (χ0) is 76.8. The van der Waals surface area contributed by atoms with Crippen LogP contribution in [-0.4, -0.2) is 70.0 Å². The highest BCUT2D eigenvalue weighted by atomic mass is 31.2. The van der Waals surface area contributed by atoms with E-state index in [0.29, 0.717) is 17.4 Å². The fraction of sp³-hybridized carbons (Fsp3) is 0.688. The van der Waals surface area contributed by atoms with Crippen LogP contribution in [0.4, 0.5) is 0 Å². The highest BCUT2D eigenvalue weighted by Gasteiger charge is 2.22. The summed E-state index contributed by atoms with van der Waals surface area (Å²) in [7, 11) is 1.16. The summed E-state index contributed by atoms with van der Waals surface area (Å²) in [5.41, 5.74) is 0. The molecule has 2 unspecified atom stereocenters. The average Bonchev–Trinajstić information content (AvgIpc) is 0.908. The number of unbranched alkanes of at least 4 members (excludes halogenated alkanes) is 38. The molecule has 0 aliphatic carbocycles. The summed E-state index contributed by atoms with van der Waals surface area (Å²) in [5.74, 6) is -0.831. The van der Waals surface area contributed by atoms with E-state index in [1.54, 1.807) is 0 Å². The number of hydrogen-bond acceptors (Lipinski definition) is 8. The van der Waals surface area contributed by atoms with Crippen LogP contribution in [0.1, 0.15) is 373 Å². The number of carbonyl (C=O) groups excluding carboxylic acids is 2. The van der Waals surface area contributed by atoms with Crippen LogP contribution in [0.15, 0.2) is 170 Å². The van der Waals surface area contributed by atoms with Gasteiger partial charge in [-0.15, -0.1) is 0 Å². The number of hydrogen-bond donors (Lipinski definition) is 0. The lowest BCUT2D eigenvalue weighted by atomic mass is 10.0. The molecule has 606 valence electrons. The van der Waals surface area contributed by atoms with Gasteiger partial charge in [-0.3, -0.25) is 14.2 Å². The van der Waals surface area contributed by atoms with E-state index in [1.165, 1.54) is 205 Å². The van der Waals surface area contributed by atoms with Crippen molar-refractivity contribution in [3.05, 3.63) is 170 Å². The molecule has 0 aliphatic rings. The Kier molecular flexibility index (Phi) is 80.7. The first-order valence-corrected chi connectivity index (χ1v) is 45.3. The van der Waals surface area contributed by atoms with Crippen molar-refractivity contribution in [2.24, 2.45) is 0 Å².